The van der Waals surface area contributed by atoms with Gasteiger partial charge in [-0.2, -0.15) is 0 Å². The van der Waals surface area contributed by atoms with E-state index in [1.807, 2.05) is 38.1 Å². The lowest BCUT2D eigenvalue weighted by Crippen LogP contribution is -2.05. The number of carboxylic acids is 1. The molecule has 24 heavy (non-hydrogen) atoms. The van der Waals surface area contributed by atoms with E-state index in [-0.39, 0.29) is 5.69 Å². The van der Waals surface area contributed by atoms with Gasteiger partial charge >= 0.3 is 5.97 Å². The Morgan fingerprint density at radius 1 is 1.17 bits per heavy atom. The van der Waals surface area contributed by atoms with Crippen LogP contribution in [0.3, 0.4) is 0 Å². The molecule has 0 aliphatic heterocycles. The average Bonchev–Trinajstić information content (AvgIpc) is 3.07. The first-order valence-corrected chi connectivity index (χ1v) is 7.27. The molecule has 1 aromatic carbocycles. The fraction of sp³-hybridized carbons (Fsp3) is 0.176. The molecule has 3 aromatic rings. The second-order valence-corrected chi connectivity index (χ2v) is 5.28. The molecule has 0 fully saturated rings. The van der Waals surface area contributed by atoms with Crippen molar-refractivity contribution in [2.24, 2.45) is 0 Å². The molecule has 0 aliphatic rings. The smallest absolute Gasteiger partial charge is 0.356 e. The number of benzene rings is 1. The van der Waals surface area contributed by atoms with E-state index in [4.69, 9.17) is 9.84 Å². The van der Waals surface area contributed by atoms with Gasteiger partial charge in [-0.1, -0.05) is 0 Å². The maximum atomic E-state index is 11.0. The number of rotatable bonds is 4. The Balaban J connectivity index is 2.09. The average molecular weight is 324 g/mol. The second kappa shape index (κ2) is 6.11. The summed E-state index contributed by atoms with van der Waals surface area (Å²) in [5, 5.41) is 9.03. The minimum Gasteiger partial charge on any atom is -0.497 e. The van der Waals surface area contributed by atoms with Gasteiger partial charge in [0.2, 0.25) is 0 Å². The molecule has 0 unspecified atom stereocenters. The third-order valence-electron chi connectivity index (χ3n) is 3.76. The first-order valence-electron chi connectivity index (χ1n) is 7.27. The van der Waals surface area contributed by atoms with Gasteiger partial charge in [-0.25, -0.2) is 19.7 Å². The van der Waals surface area contributed by atoms with Crippen molar-refractivity contribution in [1.82, 2.24) is 19.5 Å². The third kappa shape index (κ3) is 2.83. The molecule has 3 rings (SSSR count). The van der Waals surface area contributed by atoms with Crippen LogP contribution in [0.25, 0.3) is 17.2 Å². The molecule has 0 saturated carbocycles. The van der Waals surface area contributed by atoms with Gasteiger partial charge < -0.3 is 9.84 Å². The van der Waals surface area contributed by atoms with Crippen molar-refractivity contribution < 1.29 is 14.6 Å². The summed E-state index contributed by atoms with van der Waals surface area (Å²) >= 11 is 0. The van der Waals surface area contributed by atoms with Crippen LogP contribution < -0.4 is 4.74 Å². The zero-order valence-electron chi connectivity index (χ0n) is 13.5. The summed E-state index contributed by atoms with van der Waals surface area (Å²) in [6.45, 7) is 3.78. The third-order valence-corrected chi connectivity index (χ3v) is 3.76. The number of aromatic nitrogens is 4. The number of aryl methyl sites for hydroxylation is 1. The SMILES string of the molecule is COc1ccc(-c2nc(C)c(C)c(-n3cnc(C(=O)O)c3)n2)cc1. The van der Waals surface area contributed by atoms with Crippen molar-refractivity contribution in [2.75, 3.05) is 7.11 Å². The number of hydrogen-bond donors (Lipinski definition) is 1. The van der Waals surface area contributed by atoms with Gasteiger partial charge in [-0.15, -0.1) is 0 Å². The molecule has 0 radical (unpaired) electrons. The molecule has 0 aliphatic carbocycles. The highest BCUT2D eigenvalue weighted by molar-refractivity contribution is 5.85. The zero-order valence-corrected chi connectivity index (χ0v) is 13.5. The number of hydrogen-bond acceptors (Lipinski definition) is 5. The van der Waals surface area contributed by atoms with Gasteiger partial charge in [0.15, 0.2) is 11.5 Å². The van der Waals surface area contributed by atoms with Crippen molar-refractivity contribution in [2.45, 2.75) is 13.8 Å². The molecule has 0 amide bonds. The van der Waals surface area contributed by atoms with Crippen LogP contribution in [0, 0.1) is 13.8 Å². The molecular formula is C17H16N4O3. The fourth-order valence-electron chi connectivity index (χ4n) is 2.28. The number of carboxylic acid groups (broad SMARTS) is 1. The van der Waals surface area contributed by atoms with Crippen LogP contribution in [0.4, 0.5) is 0 Å². The maximum absolute atomic E-state index is 11.0. The van der Waals surface area contributed by atoms with Crippen LogP contribution in [-0.4, -0.2) is 37.7 Å². The van der Waals surface area contributed by atoms with Crippen LogP contribution >= 0.6 is 0 Å². The molecule has 0 atom stereocenters. The van der Waals surface area contributed by atoms with E-state index in [9.17, 15) is 4.79 Å². The standard InChI is InChI=1S/C17H16N4O3/c1-10-11(2)19-15(12-4-6-13(24-3)7-5-12)20-16(10)21-8-14(17(22)23)18-9-21/h4-9H,1-3H3,(H,22,23). The first-order chi connectivity index (χ1) is 11.5. The van der Waals surface area contributed by atoms with Gasteiger partial charge in [0.25, 0.3) is 0 Å². The molecule has 2 aromatic heterocycles. The monoisotopic (exact) mass is 324 g/mol. The normalized spacial score (nSPS) is 10.6. The van der Waals surface area contributed by atoms with Crippen LogP contribution in [0.5, 0.6) is 5.75 Å². The topological polar surface area (TPSA) is 90.1 Å². The van der Waals surface area contributed by atoms with Crippen molar-refractivity contribution in [3.63, 3.8) is 0 Å². The summed E-state index contributed by atoms with van der Waals surface area (Å²) in [5.74, 6) is 0.839. The lowest BCUT2D eigenvalue weighted by atomic mass is 10.1. The summed E-state index contributed by atoms with van der Waals surface area (Å²) < 4.78 is 6.76. The number of ether oxygens (including phenoxy) is 1. The Labute approximate surface area is 138 Å². The van der Waals surface area contributed by atoms with Crippen LogP contribution in [0.1, 0.15) is 21.7 Å². The summed E-state index contributed by atoms with van der Waals surface area (Å²) in [6, 6.07) is 7.44. The second-order valence-electron chi connectivity index (χ2n) is 5.28. The Hall–Kier alpha value is -3.22. The summed E-state index contributed by atoms with van der Waals surface area (Å²) in [6.07, 6.45) is 2.88. The maximum Gasteiger partial charge on any atom is 0.356 e. The van der Waals surface area contributed by atoms with E-state index >= 15 is 0 Å². The molecule has 0 spiro atoms. The zero-order chi connectivity index (χ0) is 17.3. The predicted octanol–water partition coefficient (Wildman–Crippen LogP) is 2.65. The lowest BCUT2D eigenvalue weighted by molar-refractivity contribution is 0.0691. The summed E-state index contributed by atoms with van der Waals surface area (Å²) in [7, 11) is 1.61. The number of aromatic carboxylic acids is 1. The molecule has 2 heterocycles. The minimum absolute atomic E-state index is 0.0309. The van der Waals surface area contributed by atoms with E-state index in [2.05, 4.69) is 15.0 Å². The Bertz CT molecular complexity index is 901. The van der Waals surface area contributed by atoms with Crippen molar-refractivity contribution in [3.8, 4) is 23.0 Å². The van der Waals surface area contributed by atoms with Crippen LogP contribution in [0.15, 0.2) is 36.8 Å². The minimum atomic E-state index is -1.08. The van der Waals surface area contributed by atoms with Gasteiger partial charge in [-0.3, -0.25) is 4.57 Å². The molecular weight excluding hydrogens is 308 g/mol. The van der Waals surface area contributed by atoms with E-state index < -0.39 is 5.97 Å². The number of carbonyl (C=O) groups is 1. The molecule has 1 N–H and O–H groups in total. The Morgan fingerprint density at radius 3 is 2.46 bits per heavy atom. The molecule has 7 nitrogen and oxygen atoms in total. The number of imidazole rings is 1. The van der Waals surface area contributed by atoms with Gasteiger partial charge in [0.05, 0.1) is 7.11 Å². The Morgan fingerprint density at radius 2 is 1.88 bits per heavy atom. The van der Waals surface area contributed by atoms with Crippen LogP contribution in [-0.2, 0) is 0 Å². The van der Waals surface area contributed by atoms with E-state index in [1.165, 1.54) is 12.5 Å². The van der Waals surface area contributed by atoms with Gasteiger partial charge in [-0.05, 0) is 38.1 Å². The molecule has 122 valence electrons. The van der Waals surface area contributed by atoms with E-state index in [1.54, 1.807) is 11.7 Å². The summed E-state index contributed by atoms with van der Waals surface area (Å²) in [5.41, 5.74) is 2.49. The highest BCUT2D eigenvalue weighted by Gasteiger charge is 2.14. The molecule has 0 bridgehead atoms. The fourth-order valence-corrected chi connectivity index (χ4v) is 2.28. The van der Waals surface area contributed by atoms with Gasteiger partial charge in [0.1, 0.15) is 17.9 Å². The van der Waals surface area contributed by atoms with Crippen molar-refractivity contribution >= 4 is 5.97 Å². The van der Waals surface area contributed by atoms with E-state index in [0.29, 0.717) is 11.6 Å². The van der Waals surface area contributed by atoms with Crippen molar-refractivity contribution in [1.29, 1.82) is 0 Å². The van der Waals surface area contributed by atoms with Gasteiger partial charge in [0, 0.05) is 23.0 Å². The Kier molecular flexibility index (Phi) is 3.99. The first kappa shape index (κ1) is 15.7. The van der Waals surface area contributed by atoms with Crippen molar-refractivity contribution in [3.05, 3.63) is 53.7 Å². The number of nitrogens with zero attached hydrogens (tertiary/aromatic N) is 4. The quantitative estimate of drug-likeness (QED) is 0.793. The largest absolute Gasteiger partial charge is 0.497 e. The highest BCUT2D eigenvalue weighted by atomic mass is 16.5. The summed E-state index contributed by atoms with van der Waals surface area (Å²) in [4.78, 5) is 24.0. The van der Waals surface area contributed by atoms with E-state index in [0.717, 1.165) is 22.6 Å². The molecule has 0 saturated heterocycles. The highest BCUT2D eigenvalue weighted by Crippen LogP contribution is 2.23. The lowest BCUT2D eigenvalue weighted by Gasteiger charge is -2.11. The number of methoxy groups -OCH3 is 1. The predicted molar refractivity (Wildman–Crippen MR) is 87.6 cm³/mol. The molecule has 7 heteroatoms. The van der Waals surface area contributed by atoms with Crippen LogP contribution in [0.2, 0.25) is 0 Å².